The van der Waals surface area contributed by atoms with E-state index in [1.54, 1.807) is 38.1 Å². The average Bonchev–Trinajstić information content (AvgIpc) is 3.15. The molecule has 0 bridgehead atoms. The van der Waals surface area contributed by atoms with E-state index in [0.717, 1.165) is 0 Å². The number of rotatable bonds is 9. The van der Waals surface area contributed by atoms with Gasteiger partial charge in [0, 0.05) is 27.5 Å². The molecule has 0 spiro atoms. The van der Waals surface area contributed by atoms with E-state index < -0.39 is 23.4 Å². The van der Waals surface area contributed by atoms with Gasteiger partial charge < -0.3 is 24.7 Å². The summed E-state index contributed by atoms with van der Waals surface area (Å²) in [5.41, 5.74) is 1.26. The van der Waals surface area contributed by atoms with E-state index in [2.05, 4.69) is 20.8 Å². The molecule has 1 amide bonds. The lowest BCUT2D eigenvalue weighted by molar-refractivity contribution is -0.143. The van der Waals surface area contributed by atoms with Gasteiger partial charge in [0.25, 0.3) is 0 Å². The highest BCUT2D eigenvalue weighted by atomic mass is 35.5. The second kappa shape index (κ2) is 12.5. The Morgan fingerprint density at radius 3 is 2.28 bits per heavy atom. The Hall–Kier alpha value is -3.66. The van der Waals surface area contributed by atoms with Crippen molar-refractivity contribution in [3.8, 4) is 0 Å². The molecule has 0 saturated heterocycles. The molecule has 10 nitrogen and oxygen atoms in total. The third-order valence-corrected chi connectivity index (χ3v) is 6.45. The molecule has 0 aliphatic carbocycles. The predicted octanol–water partition coefficient (Wildman–Crippen LogP) is 3.87. The number of aromatic nitrogens is 3. The zero-order valence-electron chi connectivity index (χ0n) is 23.5. The molecule has 1 aliphatic heterocycles. The van der Waals surface area contributed by atoms with Gasteiger partial charge in [-0.3, -0.25) is 9.59 Å². The zero-order valence-corrected chi connectivity index (χ0v) is 24.2. The molecule has 0 fully saturated rings. The topological polar surface area (TPSA) is 124 Å². The third-order valence-electron chi connectivity index (χ3n) is 6.11. The highest BCUT2D eigenvalue weighted by Crippen LogP contribution is 2.42. The first kappa shape index (κ1) is 29.9. The summed E-state index contributed by atoms with van der Waals surface area (Å²) >= 11 is 6.60. The summed E-state index contributed by atoms with van der Waals surface area (Å²) in [4.78, 5) is 39.9. The second-order valence-electron chi connectivity index (χ2n) is 10.3. The van der Waals surface area contributed by atoms with Crippen molar-refractivity contribution in [2.24, 2.45) is 0 Å². The van der Waals surface area contributed by atoms with Gasteiger partial charge >= 0.3 is 11.9 Å². The van der Waals surface area contributed by atoms with Gasteiger partial charge in [-0.15, -0.1) is 10.2 Å². The number of hydrogen-bond acceptors (Lipinski definition) is 8. The van der Waals surface area contributed by atoms with E-state index in [9.17, 15) is 14.4 Å². The van der Waals surface area contributed by atoms with E-state index in [1.807, 2.05) is 39.2 Å². The maximum atomic E-state index is 13.6. The Kier molecular flexibility index (Phi) is 9.55. The van der Waals surface area contributed by atoms with Gasteiger partial charge in [-0.1, -0.05) is 29.8 Å². The summed E-state index contributed by atoms with van der Waals surface area (Å²) in [6.07, 6.45) is -0.235. The molecule has 3 rings (SSSR count). The van der Waals surface area contributed by atoms with Crippen molar-refractivity contribution in [2.75, 3.05) is 13.2 Å². The first-order chi connectivity index (χ1) is 18.3. The quantitative estimate of drug-likeness (QED) is 0.445. The van der Waals surface area contributed by atoms with Crippen LogP contribution in [0.1, 0.15) is 64.2 Å². The standard InChI is InChI=1S/C28H36ClN5O5/c1-8-38-27(37)25-21(15-22(35)39-14-13-34-17(3)32-33-18(34)4)30-16(2)23(26(36)31-28(5,6)7)24(25)19-11-9-10-12-20(19)29/h9-12,24,30H,8,13-15H2,1-7H3,(H,31,36). The number of aryl methyl sites for hydroxylation is 2. The number of amides is 1. The van der Waals surface area contributed by atoms with Crippen LogP contribution in [0.3, 0.4) is 0 Å². The molecule has 1 atom stereocenters. The molecule has 1 aliphatic rings. The lowest BCUT2D eigenvalue weighted by Gasteiger charge is -2.33. The van der Waals surface area contributed by atoms with Crippen LogP contribution in [0.5, 0.6) is 0 Å². The maximum absolute atomic E-state index is 13.6. The van der Waals surface area contributed by atoms with Crippen LogP contribution in [0.15, 0.2) is 46.8 Å². The van der Waals surface area contributed by atoms with Gasteiger partial charge in [0.15, 0.2) is 0 Å². The smallest absolute Gasteiger partial charge is 0.336 e. The fourth-order valence-electron chi connectivity index (χ4n) is 4.47. The molecule has 39 heavy (non-hydrogen) atoms. The summed E-state index contributed by atoms with van der Waals surface area (Å²) in [5, 5.41) is 14.5. The molecular weight excluding hydrogens is 522 g/mol. The van der Waals surface area contributed by atoms with Crippen LogP contribution in [0.25, 0.3) is 0 Å². The molecular formula is C28H36ClN5O5. The number of ether oxygens (including phenoxy) is 2. The number of dihydropyridines is 1. The first-order valence-electron chi connectivity index (χ1n) is 12.8. The Morgan fingerprint density at radius 1 is 1.05 bits per heavy atom. The van der Waals surface area contributed by atoms with Crippen LogP contribution in [-0.4, -0.2) is 51.4 Å². The monoisotopic (exact) mass is 557 g/mol. The largest absolute Gasteiger partial charge is 0.463 e. The van der Waals surface area contributed by atoms with E-state index in [-0.39, 0.29) is 31.1 Å². The Balaban J connectivity index is 2.00. The molecule has 11 heteroatoms. The van der Waals surface area contributed by atoms with Crippen LogP contribution in [-0.2, 0) is 30.4 Å². The van der Waals surface area contributed by atoms with E-state index in [0.29, 0.717) is 45.7 Å². The molecule has 1 aromatic heterocycles. The van der Waals surface area contributed by atoms with Gasteiger partial charge in [0.05, 0.1) is 31.1 Å². The number of allylic oxidation sites excluding steroid dienone is 1. The van der Waals surface area contributed by atoms with Crippen molar-refractivity contribution in [3.05, 3.63) is 69.0 Å². The van der Waals surface area contributed by atoms with Gasteiger partial charge in [-0.2, -0.15) is 0 Å². The minimum Gasteiger partial charge on any atom is -0.463 e. The lowest BCUT2D eigenvalue weighted by atomic mass is 9.79. The van der Waals surface area contributed by atoms with Crippen molar-refractivity contribution in [1.82, 2.24) is 25.4 Å². The summed E-state index contributed by atoms with van der Waals surface area (Å²) in [5.74, 6) is -0.992. The van der Waals surface area contributed by atoms with Gasteiger partial charge in [0.1, 0.15) is 18.3 Å². The Labute approximate surface area is 233 Å². The Bertz CT molecular complexity index is 1300. The third kappa shape index (κ3) is 7.26. The zero-order chi connectivity index (χ0) is 28.9. The molecule has 0 saturated carbocycles. The average molecular weight is 558 g/mol. The van der Waals surface area contributed by atoms with Crippen molar-refractivity contribution in [1.29, 1.82) is 0 Å². The Morgan fingerprint density at radius 2 is 1.69 bits per heavy atom. The summed E-state index contributed by atoms with van der Waals surface area (Å²) < 4.78 is 12.7. The SMILES string of the molecule is CCOC(=O)C1=C(CC(=O)OCCn2c(C)nnc2C)NC(C)=C(C(=O)NC(C)(C)C)C1c1ccccc1Cl. The van der Waals surface area contributed by atoms with Gasteiger partial charge in [-0.05, 0) is 60.1 Å². The number of carbonyl (C=O) groups is 3. The maximum Gasteiger partial charge on any atom is 0.336 e. The molecule has 2 aromatic rings. The number of nitrogens with one attached hydrogen (secondary N) is 2. The minimum absolute atomic E-state index is 0.0998. The van der Waals surface area contributed by atoms with Crippen LogP contribution >= 0.6 is 11.6 Å². The summed E-state index contributed by atoms with van der Waals surface area (Å²) in [7, 11) is 0. The molecule has 210 valence electrons. The summed E-state index contributed by atoms with van der Waals surface area (Å²) in [6, 6.07) is 7.00. The molecule has 0 radical (unpaired) electrons. The normalized spacial score (nSPS) is 15.6. The highest BCUT2D eigenvalue weighted by Gasteiger charge is 2.40. The van der Waals surface area contributed by atoms with Gasteiger partial charge in [0.2, 0.25) is 5.91 Å². The van der Waals surface area contributed by atoms with Crippen LogP contribution < -0.4 is 10.6 Å². The number of carbonyl (C=O) groups excluding carboxylic acids is 3. The number of benzene rings is 1. The van der Waals surface area contributed by atoms with Gasteiger partial charge in [-0.25, -0.2) is 4.79 Å². The highest BCUT2D eigenvalue weighted by molar-refractivity contribution is 6.31. The number of halogens is 1. The van der Waals surface area contributed by atoms with Crippen molar-refractivity contribution >= 4 is 29.4 Å². The van der Waals surface area contributed by atoms with E-state index >= 15 is 0 Å². The first-order valence-corrected chi connectivity index (χ1v) is 13.2. The van der Waals surface area contributed by atoms with Crippen molar-refractivity contribution < 1.29 is 23.9 Å². The van der Waals surface area contributed by atoms with Crippen LogP contribution in [0.4, 0.5) is 0 Å². The summed E-state index contributed by atoms with van der Waals surface area (Å²) in [6.45, 7) is 13.3. The van der Waals surface area contributed by atoms with Crippen molar-refractivity contribution in [3.63, 3.8) is 0 Å². The molecule has 2 N–H and O–H groups in total. The fourth-order valence-corrected chi connectivity index (χ4v) is 4.72. The van der Waals surface area contributed by atoms with Crippen LogP contribution in [0, 0.1) is 13.8 Å². The molecule has 2 heterocycles. The number of nitrogens with zero attached hydrogens (tertiary/aromatic N) is 3. The molecule has 1 aromatic carbocycles. The second-order valence-corrected chi connectivity index (χ2v) is 10.7. The number of esters is 2. The predicted molar refractivity (Wildman–Crippen MR) is 147 cm³/mol. The lowest BCUT2D eigenvalue weighted by Crippen LogP contribution is -2.45. The van der Waals surface area contributed by atoms with E-state index in [1.165, 1.54) is 0 Å². The fraction of sp³-hybridized carbons (Fsp3) is 0.464. The minimum atomic E-state index is -0.869. The van der Waals surface area contributed by atoms with Crippen LogP contribution in [0.2, 0.25) is 5.02 Å². The van der Waals surface area contributed by atoms with E-state index in [4.69, 9.17) is 21.1 Å². The van der Waals surface area contributed by atoms with Crippen molar-refractivity contribution in [2.45, 2.75) is 72.9 Å². The molecule has 1 unspecified atom stereocenters. The number of hydrogen-bond donors (Lipinski definition) is 2.